The fraction of sp³-hybridized carbons (Fsp3) is 0.381. The van der Waals surface area contributed by atoms with Crippen molar-refractivity contribution in [2.75, 3.05) is 20.3 Å². The molecule has 0 aliphatic carbocycles. The standard InChI is InChI=1S/C21H25NO7S/c1-14-8-10-16(11-9-14)30(26,27)22-12-18(23)19(24)20(17(22)13-28-2)29-21(25)15-6-4-3-5-7-15/h3-11,17-20,23-24H,12-13H2,1-2H3/t17-,18-,19-,20-/m0/s1. The molecule has 9 heteroatoms. The van der Waals surface area contributed by atoms with Crippen LogP contribution in [0.5, 0.6) is 0 Å². The van der Waals surface area contributed by atoms with E-state index in [1.54, 1.807) is 42.5 Å². The number of piperidine rings is 1. The van der Waals surface area contributed by atoms with Crippen LogP contribution in [-0.4, -0.2) is 73.5 Å². The summed E-state index contributed by atoms with van der Waals surface area (Å²) in [5.74, 6) is -0.734. The average Bonchev–Trinajstić information content (AvgIpc) is 2.74. The summed E-state index contributed by atoms with van der Waals surface area (Å²) < 4.78 is 38.2. The Balaban J connectivity index is 1.95. The third-order valence-electron chi connectivity index (χ3n) is 5.06. The van der Waals surface area contributed by atoms with Gasteiger partial charge in [-0.05, 0) is 31.2 Å². The van der Waals surface area contributed by atoms with Gasteiger partial charge in [-0.2, -0.15) is 4.31 Å². The van der Waals surface area contributed by atoms with Crippen LogP contribution in [0.25, 0.3) is 0 Å². The van der Waals surface area contributed by atoms with Crippen LogP contribution in [0, 0.1) is 6.92 Å². The van der Waals surface area contributed by atoms with Crippen LogP contribution in [0.2, 0.25) is 0 Å². The molecule has 1 saturated heterocycles. The number of esters is 1. The van der Waals surface area contributed by atoms with E-state index in [9.17, 15) is 23.4 Å². The normalized spacial score (nSPS) is 25.1. The molecular weight excluding hydrogens is 410 g/mol. The van der Waals surface area contributed by atoms with Crippen molar-refractivity contribution in [3.63, 3.8) is 0 Å². The zero-order chi connectivity index (χ0) is 21.9. The molecule has 3 rings (SSSR count). The van der Waals surface area contributed by atoms with E-state index in [0.717, 1.165) is 9.87 Å². The number of nitrogens with zero attached hydrogens (tertiary/aromatic N) is 1. The first-order valence-corrected chi connectivity index (χ1v) is 10.9. The Kier molecular flexibility index (Phi) is 6.89. The summed E-state index contributed by atoms with van der Waals surface area (Å²) in [5, 5.41) is 20.9. The molecule has 4 atom stereocenters. The molecule has 0 unspecified atom stereocenters. The minimum atomic E-state index is -4.05. The summed E-state index contributed by atoms with van der Waals surface area (Å²) >= 11 is 0. The predicted octanol–water partition coefficient (Wildman–Crippen LogP) is 0.962. The number of carbonyl (C=O) groups excluding carboxylic acids is 1. The van der Waals surface area contributed by atoms with Gasteiger partial charge in [0.05, 0.1) is 29.2 Å². The van der Waals surface area contributed by atoms with E-state index >= 15 is 0 Å². The molecule has 0 aromatic heterocycles. The van der Waals surface area contributed by atoms with Crippen molar-refractivity contribution in [3.8, 4) is 0 Å². The van der Waals surface area contributed by atoms with E-state index in [4.69, 9.17) is 9.47 Å². The second-order valence-electron chi connectivity index (χ2n) is 7.20. The monoisotopic (exact) mass is 435 g/mol. The molecule has 1 heterocycles. The predicted molar refractivity (Wildman–Crippen MR) is 108 cm³/mol. The number of hydrogen-bond donors (Lipinski definition) is 2. The minimum Gasteiger partial charge on any atom is -0.454 e. The lowest BCUT2D eigenvalue weighted by atomic mass is 9.96. The zero-order valence-corrected chi connectivity index (χ0v) is 17.5. The van der Waals surface area contributed by atoms with E-state index in [1.165, 1.54) is 19.2 Å². The molecule has 2 N–H and O–H groups in total. The number of methoxy groups -OCH3 is 1. The lowest BCUT2D eigenvalue weighted by Crippen LogP contribution is -2.64. The van der Waals surface area contributed by atoms with Crippen LogP contribution in [-0.2, 0) is 19.5 Å². The highest BCUT2D eigenvalue weighted by Crippen LogP contribution is 2.29. The molecule has 0 spiro atoms. The van der Waals surface area contributed by atoms with Gasteiger partial charge >= 0.3 is 5.97 Å². The quantitative estimate of drug-likeness (QED) is 0.650. The van der Waals surface area contributed by atoms with E-state index in [1.807, 2.05) is 6.92 Å². The Morgan fingerprint density at radius 2 is 1.73 bits per heavy atom. The van der Waals surface area contributed by atoms with Gasteiger partial charge in [0, 0.05) is 13.7 Å². The SMILES string of the molecule is COC[C@H]1[C@H](OC(=O)c2ccccc2)[C@@H](O)[C@@H](O)CN1S(=O)(=O)c1ccc(C)cc1. The van der Waals surface area contributed by atoms with Crippen molar-refractivity contribution in [2.45, 2.75) is 36.2 Å². The highest BCUT2D eigenvalue weighted by Gasteiger charge is 2.49. The molecule has 1 aliphatic heterocycles. The summed E-state index contributed by atoms with van der Waals surface area (Å²) in [6.07, 6.45) is -4.23. The van der Waals surface area contributed by atoms with E-state index < -0.39 is 40.3 Å². The fourth-order valence-corrected chi connectivity index (χ4v) is 5.06. The average molecular weight is 435 g/mol. The Hall–Kier alpha value is -2.30. The van der Waals surface area contributed by atoms with Crippen molar-refractivity contribution in [2.24, 2.45) is 0 Å². The van der Waals surface area contributed by atoms with Crippen LogP contribution in [0.1, 0.15) is 15.9 Å². The zero-order valence-electron chi connectivity index (χ0n) is 16.7. The Morgan fingerprint density at radius 1 is 1.10 bits per heavy atom. The third kappa shape index (κ3) is 4.55. The van der Waals surface area contributed by atoms with Crippen LogP contribution >= 0.6 is 0 Å². The van der Waals surface area contributed by atoms with Gasteiger partial charge in [0.15, 0.2) is 0 Å². The van der Waals surface area contributed by atoms with Crippen molar-refractivity contribution in [1.29, 1.82) is 0 Å². The Bertz CT molecular complexity index is 963. The molecule has 0 bridgehead atoms. The van der Waals surface area contributed by atoms with E-state index in [2.05, 4.69) is 0 Å². The summed E-state index contributed by atoms with van der Waals surface area (Å²) in [6.45, 7) is 1.34. The third-order valence-corrected chi connectivity index (χ3v) is 6.97. The lowest BCUT2D eigenvalue weighted by molar-refractivity contribution is -0.131. The van der Waals surface area contributed by atoms with Gasteiger partial charge in [-0.3, -0.25) is 0 Å². The number of β-amino-alcohol motifs (C(OH)–C–C–N with tert-alkyl or cyclic N) is 1. The Morgan fingerprint density at radius 3 is 2.33 bits per heavy atom. The number of carbonyl (C=O) groups is 1. The van der Waals surface area contributed by atoms with E-state index in [0.29, 0.717) is 0 Å². The Labute approximate surface area is 175 Å². The molecule has 162 valence electrons. The fourth-order valence-electron chi connectivity index (χ4n) is 3.42. The number of sulfonamides is 1. The number of benzene rings is 2. The molecule has 1 fully saturated rings. The summed E-state index contributed by atoms with van der Waals surface area (Å²) in [7, 11) is -2.67. The second kappa shape index (κ2) is 9.23. The molecule has 0 saturated carbocycles. The minimum absolute atomic E-state index is 0.0333. The van der Waals surface area contributed by atoms with E-state index in [-0.39, 0.29) is 23.6 Å². The van der Waals surface area contributed by atoms with Gasteiger partial charge in [0.25, 0.3) is 0 Å². The smallest absolute Gasteiger partial charge is 0.338 e. The number of aliphatic hydroxyl groups is 2. The summed E-state index contributed by atoms with van der Waals surface area (Å²) in [6, 6.07) is 13.4. The maximum Gasteiger partial charge on any atom is 0.338 e. The van der Waals surface area contributed by atoms with Crippen LogP contribution in [0.4, 0.5) is 0 Å². The first-order valence-electron chi connectivity index (χ1n) is 9.45. The number of ether oxygens (including phenoxy) is 2. The van der Waals surface area contributed by atoms with Gasteiger partial charge in [-0.15, -0.1) is 0 Å². The highest BCUT2D eigenvalue weighted by atomic mass is 32.2. The summed E-state index contributed by atoms with van der Waals surface area (Å²) in [5.41, 5.74) is 1.14. The van der Waals surface area contributed by atoms with Gasteiger partial charge in [-0.25, -0.2) is 13.2 Å². The molecule has 0 amide bonds. The lowest BCUT2D eigenvalue weighted by Gasteiger charge is -2.44. The van der Waals surface area contributed by atoms with Crippen molar-refractivity contribution in [1.82, 2.24) is 4.31 Å². The maximum absolute atomic E-state index is 13.3. The van der Waals surface area contributed by atoms with Crippen molar-refractivity contribution < 1.29 is 32.9 Å². The van der Waals surface area contributed by atoms with Gasteiger partial charge < -0.3 is 19.7 Å². The first kappa shape index (κ1) is 22.4. The van der Waals surface area contributed by atoms with Crippen LogP contribution in [0.3, 0.4) is 0 Å². The molecular formula is C21H25NO7S. The first-order chi connectivity index (χ1) is 14.3. The second-order valence-corrected chi connectivity index (χ2v) is 9.09. The molecule has 2 aromatic rings. The van der Waals surface area contributed by atoms with Crippen molar-refractivity contribution >= 4 is 16.0 Å². The van der Waals surface area contributed by atoms with Gasteiger partial charge in [0.1, 0.15) is 12.2 Å². The largest absolute Gasteiger partial charge is 0.454 e. The van der Waals surface area contributed by atoms with Crippen molar-refractivity contribution in [3.05, 3.63) is 65.7 Å². The van der Waals surface area contributed by atoms with Gasteiger partial charge in [0.2, 0.25) is 10.0 Å². The molecule has 2 aromatic carbocycles. The number of hydrogen-bond acceptors (Lipinski definition) is 7. The molecule has 30 heavy (non-hydrogen) atoms. The summed E-state index contributed by atoms with van der Waals surface area (Å²) in [4.78, 5) is 12.6. The van der Waals surface area contributed by atoms with Crippen LogP contribution < -0.4 is 0 Å². The van der Waals surface area contributed by atoms with Crippen LogP contribution in [0.15, 0.2) is 59.5 Å². The molecule has 0 radical (unpaired) electrons. The number of aliphatic hydroxyl groups excluding tert-OH is 2. The topological polar surface area (TPSA) is 113 Å². The van der Waals surface area contributed by atoms with Gasteiger partial charge in [-0.1, -0.05) is 35.9 Å². The highest BCUT2D eigenvalue weighted by molar-refractivity contribution is 7.89. The molecule has 8 nitrogen and oxygen atoms in total. The maximum atomic E-state index is 13.3. The molecule has 1 aliphatic rings. The number of aryl methyl sites for hydroxylation is 1. The number of rotatable bonds is 6.